The molecule has 0 saturated heterocycles. The Balaban J connectivity index is 3.07. The fraction of sp³-hybridized carbons (Fsp3) is 0.733. The summed E-state index contributed by atoms with van der Waals surface area (Å²) in [7, 11) is 1.66. The third kappa shape index (κ3) is 5.38. The minimum absolute atomic E-state index is 0.179. The van der Waals surface area contributed by atoms with Crippen molar-refractivity contribution in [2.24, 2.45) is 5.92 Å². The van der Waals surface area contributed by atoms with Crippen molar-refractivity contribution in [3.05, 3.63) is 5.82 Å². The lowest BCUT2D eigenvalue weighted by molar-refractivity contribution is 0.210. The van der Waals surface area contributed by atoms with Gasteiger partial charge in [0.1, 0.15) is 11.5 Å². The van der Waals surface area contributed by atoms with Crippen LogP contribution in [0.15, 0.2) is 0 Å². The zero-order chi connectivity index (χ0) is 16.0. The van der Waals surface area contributed by atoms with Gasteiger partial charge in [-0.2, -0.15) is 4.98 Å². The lowest BCUT2D eigenvalue weighted by Gasteiger charge is -2.21. The van der Waals surface area contributed by atoms with E-state index in [0.717, 1.165) is 0 Å². The average Bonchev–Trinajstić information content (AvgIpc) is 2.38. The zero-order valence-corrected chi connectivity index (χ0v) is 14.0. The van der Waals surface area contributed by atoms with Crippen LogP contribution in [0.2, 0.25) is 0 Å². The van der Waals surface area contributed by atoms with Crippen molar-refractivity contribution in [1.29, 1.82) is 0 Å². The van der Waals surface area contributed by atoms with Gasteiger partial charge in [-0.05, 0) is 5.92 Å². The smallest absolute Gasteiger partial charge is 0.242 e. The number of methoxy groups -OCH3 is 1. The summed E-state index contributed by atoms with van der Waals surface area (Å²) in [4.78, 5) is 9.00. The maximum absolute atomic E-state index is 6.11. The first-order valence-corrected chi connectivity index (χ1v) is 7.29. The first-order chi connectivity index (χ1) is 9.75. The minimum Gasteiger partial charge on any atom is -0.476 e. The Morgan fingerprint density at radius 3 is 2.43 bits per heavy atom. The molecule has 3 N–H and O–H groups in total. The third-order valence-corrected chi connectivity index (χ3v) is 2.73. The monoisotopic (exact) mass is 296 g/mol. The van der Waals surface area contributed by atoms with Crippen LogP contribution in [-0.2, 0) is 10.2 Å². The molecular formula is C15H28N4O2. The van der Waals surface area contributed by atoms with Crippen molar-refractivity contribution in [3.8, 4) is 5.88 Å². The molecule has 0 amide bonds. The molecular weight excluding hydrogens is 268 g/mol. The van der Waals surface area contributed by atoms with Crippen LogP contribution in [0.25, 0.3) is 0 Å². The molecule has 0 aliphatic heterocycles. The first kappa shape index (κ1) is 17.5. The Morgan fingerprint density at radius 2 is 1.90 bits per heavy atom. The number of nitrogens with one attached hydrogen (secondary N) is 1. The van der Waals surface area contributed by atoms with Crippen LogP contribution < -0.4 is 15.8 Å². The average molecular weight is 296 g/mol. The van der Waals surface area contributed by atoms with Crippen LogP contribution in [0, 0.1) is 5.92 Å². The molecule has 0 aromatic carbocycles. The number of hydrogen-bond donors (Lipinski definition) is 2. The van der Waals surface area contributed by atoms with Crippen molar-refractivity contribution in [2.75, 3.05) is 37.9 Å². The number of nitrogens with zero attached hydrogens (tertiary/aromatic N) is 2. The molecule has 1 aromatic heterocycles. The number of rotatable bonds is 7. The van der Waals surface area contributed by atoms with Crippen molar-refractivity contribution < 1.29 is 9.47 Å². The number of anilines is 2. The van der Waals surface area contributed by atoms with Crippen LogP contribution in [0.4, 0.5) is 11.5 Å². The second kappa shape index (κ2) is 7.45. The highest BCUT2D eigenvalue weighted by atomic mass is 16.5. The Bertz CT molecular complexity index is 456. The van der Waals surface area contributed by atoms with Crippen molar-refractivity contribution in [2.45, 2.75) is 40.0 Å². The van der Waals surface area contributed by atoms with Gasteiger partial charge >= 0.3 is 0 Å². The van der Waals surface area contributed by atoms with Crippen molar-refractivity contribution in [3.63, 3.8) is 0 Å². The second-order valence-electron chi connectivity index (χ2n) is 6.49. The summed E-state index contributed by atoms with van der Waals surface area (Å²) in [6.45, 7) is 12.1. The maximum Gasteiger partial charge on any atom is 0.242 e. The molecule has 0 unspecified atom stereocenters. The summed E-state index contributed by atoms with van der Waals surface area (Å²) in [6.07, 6.45) is 0. The summed E-state index contributed by atoms with van der Waals surface area (Å²) in [5.74, 6) is 2.16. The fourth-order valence-corrected chi connectivity index (χ4v) is 1.55. The highest BCUT2D eigenvalue weighted by Crippen LogP contribution is 2.30. The predicted octanol–water partition coefficient (Wildman–Crippen LogP) is 2.45. The van der Waals surface area contributed by atoms with Crippen LogP contribution >= 0.6 is 0 Å². The van der Waals surface area contributed by atoms with E-state index in [0.29, 0.717) is 48.9 Å². The van der Waals surface area contributed by atoms with E-state index in [2.05, 4.69) is 49.9 Å². The standard InChI is InChI=1S/C15H28N4O2/c1-10(2)9-21-13-11(16)12(17-7-8-20-6)18-14(19-13)15(3,4)5/h10H,7-9,16H2,1-6H3,(H,17,18,19). The molecule has 0 spiro atoms. The number of nitrogen functional groups attached to an aromatic ring is 1. The molecule has 1 aromatic rings. The summed E-state index contributed by atoms with van der Waals surface area (Å²) in [5.41, 5.74) is 6.38. The van der Waals surface area contributed by atoms with E-state index >= 15 is 0 Å². The van der Waals surface area contributed by atoms with Gasteiger partial charge < -0.3 is 20.5 Å². The summed E-state index contributed by atoms with van der Waals surface area (Å²) in [6, 6.07) is 0. The highest BCUT2D eigenvalue weighted by Gasteiger charge is 2.22. The summed E-state index contributed by atoms with van der Waals surface area (Å²) < 4.78 is 10.8. The zero-order valence-electron chi connectivity index (χ0n) is 14.0. The first-order valence-electron chi connectivity index (χ1n) is 7.29. The van der Waals surface area contributed by atoms with Gasteiger partial charge in [0.15, 0.2) is 5.82 Å². The Labute approximate surface area is 127 Å². The van der Waals surface area contributed by atoms with Gasteiger partial charge in [0, 0.05) is 19.1 Å². The van der Waals surface area contributed by atoms with Crippen LogP contribution in [0.5, 0.6) is 5.88 Å². The second-order valence-corrected chi connectivity index (χ2v) is 6.49. The Morgan fingerprint density at radius 1 is 1.24 bits per heavy atom. The van der Waals surface area contributed by atoms with Gasteiger partial charge in [-0.15, -0.1) is 0 Å². The largest absolute Gasteiger partial charge is 0.476 e. The summed E-state index contributed by atoms with van der Waals surface area (Å²) in [5, 5.41) is 3.17. The normalized spacial score (nSPS) is 11.8. The van der Waals surface area contributed by atoms with Gasteiger partial charge in [0.2, 0.25) is 5.88 Å². The number of aromatic nitrogens is 2. The van der Waals surface area contributed by atoms with E-state index in [1.165, 1.54) is 0 Å². The molecule has 0 atom stereocenters. The molecule has 0 aliphatic rings. The van der Waals surface area contributed by atoms with Crippen LogP contribution in [-0.4, -0.2) is 36.8 Å². The molecule has 0 bridgehead atoms. The lowest BCUT2D eigenvalue weighted by Crippen LogP contribution is -2.21. The number of nitrogens with two attached hydrogens (primary N) is 1. The van der Waals surface area contributed by atoms with E-state index < -0.39 is 0 Å². The van der Waals surface area contributed by atoms with E-state index in [4.69, 9.17) is 15.2 Å². The molecule has 0 aliphatic carbocycles. The molecule has 1 rings (SSSR count). The Kier molecular flexibility index (Phi) is 6.20. The predicted molar refractivity (Wildman–Crippen MR) is 85.8 cm³/mol. The Hall–Kier alpha value is -1.56. The van der Waals surface area contributed by atoms with Gasteiger partial charge in [-0.25, -0.2) is 4.98 Å². The van der Waals surface area contributed by atoms with Crippen LogP contribution in [0.3, 0.4) is 0 Å². The highest BCUT2D eigenvalue weighted by molar-refractivity contribution is 5.67. The van der Waals surface area contributed by atoms with Crippen molar-refractivity contribution >= 4 is 11.5 Å². The van der Waals surface area contributed by atoms with E-state index in [1.54, 1.807) is 7.11 Å². The van der Waals surface area contributed by atoms with Gasteiger partial charge in [-0.3, -0.25) is 0 Å². The van der Waals surface area contributed by atoms with E-state index in [1.807, 2.05) is 0 Å². The molecule has 0 saturated carbocycles. The van der Waals surface area contributed by atoms with Crippen molar-refractivity contribution in [1.82, 2.24) is 9.97 Å². The van der Waals surface area contributed by atoms with E-state index in [-0.39, 0.29) is 5.41 Å². The molecule has 1 heterocycles. The topological polar surface area (TPSA) is 82.3 Å². The van der Waals surface area contributed by atoms with Gasteiger partial charge in [0.25, 0.3) is 0 Å². The lowest BCUT2D eigenvalue weighted by atomic mass is 9.96. The van der Waals surface area contributed by atoms with Crippen LogP contribution in [0.1, 0.15) is 40.4 Å². The third-order valence-electron chi connectivity index (χ3n) is 2.73. The molecule has 6 nitrogen and oxygen atoms in total. The maximum atomic E-state index is 6.11. The molecule has 120 valence electrons. The van der Waals surface area contributed by atoms with E-state index in [9.17, 15) is 0 Å². The molecule has 0 radical (unpaired) electrons. The quantitative estimate of drug-likeness (QED) is 0.752. The number of ether oxygens (including phenoxy) is 2. The number of hydrogen-bond acceptors (Lipinski definition) is 6. The fourth-order valence-electron chi connectivity index (χ4n) is 1.55. The SMILES string of the molecule is COCCNc1nc(C(C)(C)C)nc(OCC(C)C)c1N. The molecule has 0 fully saturated rings. The minimum atomic E-state index is -0.179. The van der Waals surface area contributed by atoms with Gasteiger partial charge in [0.05, 0.1) is 13.2 Å². The van der Waals surface area contributed by atoms with Gasteiger partial charge in [-0.1, -0.05) is 34.6 Å². The molecule has 6 heteroatoms. The molecule has 21 heavy (non-hydrogen) atoms. The summed E-state index contributed by atoms with van der Waals surface area (Å²) >= 11 is 0.